The molecular weight excluding hydrogens is 419 g/mol. The second-order valence-electron chi connectivity index (χ2n) is 5.80. The van der Waals surface area contributed by atoms with Crippen molar-refractivity contribution >= 4 is 46.7 Å². The molecule has 0 radical (unpaired) electrons. The molecular formula is C21H17Cl3N2O2. The van der Waals surface area contributed by atoms with Crippen molar-refractivity contribution in [2.24, 2.45) is 5.10 Å². The maximum Gasteiger partial charge on any atom is 0.161 e. The number of nitrogens with zero attached hydrogens (tertiary/aromatic N) is 1. The van der Waals surface area contributed by atoms with Gasteiger partial charge in [0.2, 0.25) is 0 Å². The number of methoxy groups -OCH3 is 1. The number of ether oxygens (including phenoxy) is 2. The third-order valence-corrected chi connectivity index (χ3v) is 4.64. The number of hydrogen-bond donors (Lipinski definition) is 1. The molecule has 0 fully saturated rings. The predicted octanol–water partition coefficient (Wildman–Crippen LogP) is 6.68. The maximum absolute atomic E-state index is 6.13. The Kier molecular flexibility index (Phi) is 7.04. The van der Waals surface area contributed by atoms with Crippen LogP contribution in [0.1, 0.15) is 11.1 Å². The molecule has 28 heavy (non-hydrogen) atoms. The number of halogens is 3. The quantitative estimate of drug-likeness (QED) is 0.332. The first kappa shape index (κ1) is 20.3. The summed E-state index contributed by atoms with van der Waals surface area (Å²) in [5, 5.41) is 5.41. The summed E-state index contributed by atoms with van der Waals surface area (Å²) in [6.45, 7) is 0.458. The highest BCUT2D eigenvalue weighted by Crippen LogP contribution is 2.33. The molecule has 0 heterocycles. The van der Waals surface area contributed by atoms with Crippen molar-refractivity contribution in [2.75, 3.05) is 12.5 Å². The third-order valence-electron chi connectivity index (χ3n) is 3.82. The summed E-state index contributed by atoms with van der Waals surface area (Å²) < 4.78 is 11.3. The highest BCUT2D eigenvalue weighted by Gasteiger charge is 2.08. The average molecular weight is 436 g/mol. The molecule has 0 amide bonds. The molecule has 3 aromatic carbocycles. The molecule has 1 N–H and O–H groups in total. The van der Waals surface area contributed by atoms with Crippen LogP contribution >= 0.6 is 34.8 Å². The zero-order valence-electron chi connectivity index (χ0n) is 15.0. The number of hydrogen-bond acceptors (Lipinski definition) is 4. The highest BCUT2D eigenvalue weighted by molar-refractivity contribution is 6.41. The van der Waals surface area contributed by atoms with E-state index >= 15 is 0 Å². The van der Waals surface area contributed by atoms with E-state index in [9.17, 15) is 0 Å². The van der Waals surface area contributed by atoms with Crippen molar-refractivity contribution in [3.05, 3.63) is 86.9 Å². The van der Waals surface area contributed by atoms with Crippen LogP contribution in [0, 0.1) is 0 Å². The van der Waals surface area contributed by atoms with Crippen molar-refractivity contribution < 1.29 is 9.47 Å². The minimum Gasteiger partial charge on any atom is -0.493 e. The van der Waals surface area contributed by atoms with Crippen molar-refractivity contribution in [3.63, 3.8) is 0 Å². The number of nitrogens with one attached hydrogen (secondary N) is 1. The van der Waals surface area contributed by atoms with Gasteiger partial charge in [0, 0.05) is 5.02 Å². The smallest absolute Gasteiger partial charge is 0.161 e. The Hall–Kier alpha value is -2.40. The topological polar surface area (TPSA) is 42.8 Å². The van der Waals surface area contributed by atoms with Crippen LogP contribution in [-0.2, 0) is 6.61 Å². The first-order valence-electron chi connectivity index (χ1n) is 8.35. The summed E-state index contributed by atoms with van der Waals surface area (Å²) in [5.41, 5.74) is 5.21. The molecule has 0 spiro atoms. The number of anilines is 1. The van der Waals surface area contributed by atoms with Gasteiger partial charge in [-0.1, -0.05) is 65.1 Å². The first-order chi connectivity index (χ1) is 13.6. The predicted molar refractivity (Wildman–Crippen MR) is 116 cm³/mol. The van der Waals surface area contributed by atoms with Crippen LogP contribution in [0.3, 0.4) is 0 Å². The van der Waals surface area contributed by atoms with Crippen molar-refractivity contribution in [2.45, 2.75) is 6.61 Å². The second kappa shape index (κ2) is 9.69. The van der Waals surface area contributed by atoms with Gasteiger partial charge in [0.15, 0.2) is 11.5 Å². The lowest BCUT2D eigenvalue weighted by molar-refractivity contribution is 0.284. The van der Waals surface area contributed by atoms with Gasteiger partial charge < -0.3 is 9.47 Å². The molecule has 0 unspecified atom stereocenters. The Balaban J connectivity index is 1.69. The number of rotatable bonds is 7. The van der Waals surface area contributed by atoms with Gasteiger partial charge >= 0.3 is 0 Å². The second-order valence-corrected chi connectivity index (χ2v) is 7.05. The molecule has 0 aromatic heterocycles. The molecule has 0 bridgehead atoms. The van der Waals surface area contributed by atoms with Gasteiger partial charge in [-0.15, -0.1) is 0 Å². The van der Waals surface area contributed by atoms with E-state index in [4.69, 9.17) is 44.3 Å². The van der Waals surface area contributed by atoms with Crippen molar-refractivity contribution in [1.82, 2.24) is 0 Å². The lowest BCUT2D eigenvalue weighted by Crippen LogP contribution is -1.98. The summed E-state index contributed by atoms with van der Waals surface area (Å²) in [7, 11) is 1.59. The maximum atomic E-state index is 6.13. The summed E-state index contributed by atoms with van der Waals surface area (Å²) >= 11 is 18.2. The minimum atomic E-state index is 0.386. The summed E-state index contributed by atoms with van der Waals surface area (Å²) in [4.78, 5) is 0. The largest absolute Gasteiger partial charge is 0.493 e. The number of benzene rings is 3. The molecule has 4 nitrogen and oxygen atoms in total. The monoisotopic (exact) mass is 434 g/mol. The molecule has 3 aromatic rings. The van der Waals surface area contributed by atoms with Crippen LogP contribution in [0.15, 0.2) is 65.8 Å². The Morgan fingerprint density at radius 3 is 2.32 bits per heavy atom. The van der Waals surface area contributed by atoms with E-state index in [0.717, 1.165) is 11.1 Å². The van der Waals surface area contributed by atoms with Gasteiger partial charge in [-0.3, -0.25) is 5.43 Å². The zero-order valence-corrected chi connectivity index (χ0v) is 17.2. The first-order valence-corrected chi connectivity index (χ1v) is 9.48. The normalized spacial score (nSPS) is 10.9. The van der Waals surface area contributed by atoms with Gasteiger partial charge in [0.1, 0.15) is 6.61 Å². The molecule has 3 rings (SSSR count). The van der Waals surface area contributed by atoms with E-state index in [1.165, 1.54) is 0 Å². The molecule has 0 saturated heterocycles. The molecule has 0 aliphatic rings. The number of hydrazone groups is 1. The molecule has 0 aliphatic carbocycles. The van der Waals surface area contributed by atoms with Crippen LogP contribution in [-0.4, -0.2) is 13.3 Å². The van der Waals surface area contributed by atoms with Crippen molar-refractivity contribution in [1.29, 1.82) is 0 Å². The Labute approximate surface area is 178 Å². The van der Waals surface area contributed by atoms with E-state index in [2.05, 4.69) is 10.5 Å². The van der Waals surface area contributed by atoms with Gasteiger partial charge in [-0.2, -0.15) is 5.10 Å². The fourth-order valence-electron chi connectivity index (χ4n) is 2.44. The summed E-state index contributed by atoms with van der Waals surface area (Å²) in [6, 6.07) is 18.7. The summed E-state index contributed by atoms with van der Waals surface area (Å²) in [6.07, 6.45) is 1.63. The highest BCUT2D eigenvalue weighted by atomic mass is 35.5. The molecule has 7 heteroatoms. The zero-order chi connectivity index (χ0) is 19.9. The Bertz CT molecular complexity index is 956. The minimum absolute atomic E-state index is 0.386. The standard InChI is InChI=1S/C21H17Cl3N2O2/c1-27-20-9-15(7-8-19(20)28-13-14-5-3-2-4-6-14)12-25-26-21-17(23)10-16(22)11-18(21)24/h2-12,26H,13H2,1H3/b25-12+. The van der Waals surface area contributed by atoms with Crippen LogP contribution in [0.2, 0.25) is 15.1 Å². The average Bonchev–Trinajstić information content (AvgIpc) is 2.69. The SMILES string of the molecule is COc1cc(/C=N/Nc2c(Cl)cc(Cl)cc2Cl)ccc1OCc1ccccc1. The lowest BCUT2D eigenvalue weighted by Gasteiger charge is -2.11. The van der Waals surface area contributed by atoms with E-state index in [-0.39, 0.29) is 0 Å². The van der Waals surface area contributed by atoms with Crippen LogP contribution < -0.4 is 14.9 Å². The van der Waals surface area contributed by atoms with Crippen LogP contribution in [0.4, 0.5) is 5.69 Å². The van der Waals surface area contributed by atoms with E-state index in [1.807, 2.05) is 48.5 Å². The lowest BCUT2D eigenvalue weighted by atomic mass is 10.2. The molecule has 144 valence electrons. The van der Waals surface area contributed by atoms with E-state index in [1.54, 1.807) is 25.5 Å². The Morgan fingerprint density at radius 1 is 0.929 bits per heavy atom. The third kappa shape index (κ3) is 5.32. The van der Waals surface area contributed by atoms with Gasteiger partial charge in [0.05, 0.1) is 29.1 Å². The fourth-order valence-corrected chi connectivity index (χ4v) is 3.34. The van der Waals surface area contributed by atoms with Gasteiger partial charge in [0.25, 0.3) is 0 Å². The van der Waals surface area contributed by atoms with Crippen LogP contribution in [0.25, 0.3) is 0 Å². The fraction of sp³-hybridized carbons (Fsp3) is 0.0952. The van der Waals surface area contributed by atoms with Gasteiger partial charge in [-0.25, -0.2) is 0 Å². The van der Waals surface area contributed by atoms with E-state index in [0.29, 0.717) is 38.9 Å². The van der Waals surface area contributed by atoms with Gasteiger partial charge in [-0.05, 0) is 41.5 Å². The summed E-state index contributed by atoms with van der Waals surface area (Å²) in [5.74, 6) is 1.27. The van der Waals surface area contributed by atoms with Crippen molar-refractivity contribution in [3.8, 4) is 11.5 Å². The van der Waals surface area contributed by atoms with Crippen LogP contribution in [0.5, 0.6) is 11.5 Å². The Morgan fingerprint density at radius 2 is 1.64 bits per heavy atom. The molecule has 0 aliphatic heterocycles. The molecule has 0 atom stereocenters. The van der Waals surface area contributed by atoms with E-state index < -0.39 is 0 Å². The molecule has 0 saturated carbocycles.